The molecule has 0 saturated carbocycles. The highest BCUT2D eigenvalue weighted by Gasteiger charge is 2.11. The second kappa shape index (κ2) is 7.78. The van der Waals surface area contributed by atoms with Crippen LogP contribution in [0.5, 0.6) is 0 Å². The maximum absolute atomic E-state index is 12.3. The number of rotatable bonds is 5. The van der Waals surface area contributed by atoms with Crippen LogP contribution in [0, 0.1) is 6.92 Å². The molecule has 0 bridgehead atoms. The average molecular weight is 390 g/mol. The molecule has 6 heteroatoms. The van der Waals surface area contributed by atoms with Crippen LogP contribution in [-0.4, -0.2) is 10.9 Å². The Balaban J connectivity index is 1.47. The van der Waals surface area contributed by atoms with E-state index in [0.717, 1.165) is 16.8 Å². The highest BCUT2D eigenvalue weighted by molar-refractivity contribution is 7.16. The fraction of sp³-hybridized carbons (Fsp3) is 0.136. The van der Waals surface area contributed by atoms with Crippen molar-refractivity contribution in [2.24, 2.45) is 0 Å². The Bertz CT molecular complexity index is 1200. The quantitative estimate of drug-likeness (QED) is 0.541. The molecule has 28 heavy (non-hydrogen) atoms. The number of aryl methyl sites for hydroxylation is 3. The predicted molar refractivity (Wildman–Crippen MR) is 111 cm³/mol. The summed E-state index contributed by atoms with van der Waals surface area (Å²) in [5.74, 6) is 0.280. The third-order valence-corrected chi connectivity index (χ3v) is 5.41. The monoisotopic (exact) mass is 390 g/mol. The van der Waals surface area contributed by atoms with E-state index in [4.69, 9.17) is 4.42 Å². The van der Waals surface area contributed by atoms with Crippen LogP contribution in [0.15, 0.2) is 69.2 Å². The number of nitrogens with zero attached hydrogens (tertiary/aromatic N) is 1. The van der Waals surface area contributed by atoms with E-state index < -0.39 is 0 Å². The van der Waals surface area contributed by atoms with Crippen LogP contribution in [-0.2, 0) is 12.8 Å². The molecule has 0 unspecified atom stereocenters. The summed E-state index contributed by atoms with van der Waals surface area (Å²) in [5.41, 5.74) is 3.02. The van der Waals surface area contributed by atoms with Gasteiger partial charge >= 0.3 is 0 Å². The normalized spacial score (nSPS) is 10.9. The molecule has 0 saturated heterocycles. The molecule has 140 valence electrons. The van der Waals surface area contributed by atoms with Gasteiger partial charge < -0.3 is 9.73 Å². The molecule has 0 fully saturated rings. The topological polar surface area (TPSA) is 72.2 Å². The standard InChI is InChI=1S/C22H18N2O3S/c1-14-13-28-22-19(14)21(26)24-18(27-22)11-10-15-6-5-9-17(12-15)23-20(25)16-7-3-2-4-8-16/h2-9,12-13H,10-11H2,1H3,(H,23,25). The third-order valence-electron chi connectivity index (χ3n) is 4.44. The van der Waals surface area contributed by atoms with Crippen LogP contribution in [0.25, 0.3) is 10.3 Å². The molecule has 2 heterocycles. The van der Waals surface area contributed by atoms with Gasteiger partial charge in [0.15, 0.2) is 10.8 Å². The SMILES string of the molecule is Cc1csc2oc(CCc3cccc(NC(=O)c4ccccc4)c3)nc(=O)c12. The largest absolute Gasteiger partial charge is 0.431 e. The number of hydrogen-bond donors (Lipinski definition) is 1. The van der Waals surface area contributed by atoms with E-state index in [2.05, 4.69) is 10.3 Å². The fourth-order valence-electron chi connectivity index (χ4n) is 3.01. The van der Waals surface area contributed by atoms with Gasteiger partial charge in [0.25, 0.3) is 11.5 Å². The van der Waals surface area contributed by atoms with Gasteiger partial charge in [-0.2, -0.15) is 4.98 Å². The van der Waals surface area contributed by atoms with E-state index in [0.29, 0.717) is 34.6 Å². The van der Waals surface area contributed by atoms with Crippen LogP contribution >= 0.6 is 11.3 Å². The van der Waals surface area contributed by atoms with Gasteiger partial charge in [0.2, 0.25) is 0 Å². The second-order valence-electron chi connectivity index (χ2n) is 6.51. The Morgan fingerprint density at radius 2 is 1.93 bits per heavy atom. The van der Waals surface area contributed by atoms with Crippen molar-refractivity contribution in [3.05, 3.63) is 92.9 Å². The number of amides is 1. The van der Waals surface area contributed by atoms with Crippen molar-refractivity contribution in [1.29, 1.82) is 0 Å². The molecule has 0 atom stereocenters. The molecule has 1 amide bonds. The van der Waals surface area contributed by atoms with Gasteiger partial charge in [0, 0.05) is 17.7 Å². The lowest BCUT2D eigenvalue weighted by Gasteiger charge is -2.07. The first-order chi connectivity index (χ1) is 13.6. The van der Waals surface area contributed by atoms with Crippen LogP contribution in [0.3, 0.4) is 0 Å². The van der Waals surface area contributed by atoms with Crippen LogP contribution in [0.1, 0.15) is 27.4 Å². The smallest absolute Gasteiger partial charge is 0.284 e. The summed E-state index contributed by atoms with van der Waals surface area (Å²) in [6, 6.07) is 16.7. The molecule has 4 aromatic rings. The van der Waals surface area contributed by atoms with Gasteiger partial charge in [0.1, 0.15) is 0 Å². The number of nitrogens with one attached hydrogen (secondary N) is 1. The molecule has 2 aromatic carbocycles. The van der Waals surface area contributed by atoms with E-state index in [-0.39, 0.29) is 11.5 Å². The number of benzene rings is 2. The number of anilines is 1. The Labute approximate surface area is 165 Å². The summed E-state index contributed by atoms with van der Waals surface area (Å²) < 4.78 is 5.78. The molecule has 0 aliphatic heterocycles. The molecule has 0 aliphatic carbocycles. The summed E-state index contributed by atoms with van der Waals surface area (Å²) in [5, 5.41) is 5.38. The molecule has 1 N–H and O–H groups in total. The van der Waals surface area contributed by atoms with Crippen molar-refractivity contribution >= 4 is 33.2 Å². The lowest BCUT2D eigenvalue weighted by atomic mass is 10.1. The highest BCUT2D eigenvalue weighted by atomic mass is 32.1. The van der Waals surface area contributed by atoms with Crippen molar-refractivity contribution in [3.63, 3.8) is 0 Å². The Hall–Kier alpha value is -3.25. The Morgan fingerprint density at radius 1 is 1.11 bits per heavy atom. The number of aromatic nitrogens is 1. The molecule has 0 spiro atoms. The molecule has 5 nitrogen and oxygen atoms in total. The minimum absolute atomic E-state index is 0.149. The fourth-order valence-corrected chi connectivity index (χ4v) is 3.92. The van der Waals surface area contributed by atoms with Crippen molar-refractivity contribution in [2.75, 3.05) is 5.32 Å². The predicted octanol–water partition coefficient (Wildman–Crippen LogP) is 4.60. The van der Waals surface area contributed by atoms with Gasteiger partial charge in [-0.05, 0) is 54.1 Å². The lowest BCUT2D eigenvalue weighted by Crippen LogP contribution is -2.12. The zero-order valence-corrected chi connectivity index (χ0v) is 16.1. The average Bonchev–Trinajstić information content (AvgIpc) is 3.08. The first-order valence-corrected chi connectivity index (χ1v) is 9.81. The Morgan fingerprint density at radius 3 is 2.75 bits per heavy atom. The van der Waals surface area contributed by atoms with Crippen molar-refractivity contribution < 1.29 is 9.21 Å². The van der Waals surface area contributed by atoms with Gasteiger partial charge in [-0.25, -0.2) is 0 Å². The minimum Gasteiger partial charge on any atom is -0.431 e. The highest BCUT2D eigenvalue weighted by Crippen LogP contribution is 2.23. The number of hydrogen-bond acceptors (Lipinski definition) is 5. The Kier molecular flexibility index (Phi) is 5.04. The minimum atomic E-state index is -0.237. The molecular formula is C22H18N2O3S. The zero-order chi connectivity index (χ0) is 19.5. The maximum atomic E-state index is 12.3. The molecular weight excluding hydrogens is 372 g/mol. The van der Waals surface area contributed by atoms with E-state index in [9.17, 15) is 9.59 Å². The molecule has 2 aromatic heterocycles. The first kappa shape index (κ1) is 18.1. The number of thiophene rings is 1. The van der Waals surface area contributed by atoms with E-state index in [1.54, 1.807) is 12.1 Å². The van der Waals surface area contributed by atoms with Crippen LogP contribution in [0.4, 0.5) is 5.69 Å². The number of carbonyl (C=O) groups is 1. The summed E-state index contributed by atoms with van der Waals surface area (Å²) in [6.45, 7) is 1.88. The van der Waals surface area contributed by atoms with Crippen LogP contribution in [0.2, 0.25) is 0 Å². The van der Waals surface area contributed by atoms with Gasteiger partial charge in [-0.1, -0.05) is 30.3 Å². The summed E-state index contributed by atoms with van der Waals surface area (Å²) in [4.78, 5) is 29.2. The van der Waals surface area contributed by atoms with E-state index in [1.165, 1.54) is 11.3 Å². The summed E-state index contributed by atoms with van der Waals surface area (Å²) in [6.07, 6.45) is 1.17. The molecule has 4 rings (SSSR count). The molecule has 0 aliphatic rings. The van der Waals surface area contributed by atoms with Crippen molar-refractivity contribution in [2.45, 2.75) is 19.8 Å². The van der Waals surface area contributed by atoms with Crippen molar-refractivity contribution in [3.8, 4) is 0 Å². The zero-order valence-electron chi connectivity index (χ0n) is 15.3. The summed E-state index contributed by atoms with van der Waals surface area (Å²) in [7, 11) is 0. The third kappa shape index (κ3) is 3.87. The number of carbonyl (C=O) groups excluding carboxylic acids is 1. The van der Waals surface area contributed by atoms with Gasteiger partial charge in [-0.15, -0.1) is 11.3 Å². The summed E-state index contributed by atoms with van der Waals surface area (Å²) >= 11 is 1.42. The number of fused-ring (bicyclic) bond motifs is 1. The molecule has 0 radical (unpaired) electrons. The van der Waals surface area contributed by atoms with Crippen molar-refractivity contribution in [1.82, 2.24) is 4.98 Å². The van der Waals surface area contributed by atoms with E-state index in [1.807, 2.05) is 54.8 Å². The lowest BCUT2D eigenvalue weighted by molar-refractivity contribution is 0.102. The van der Waals surface area contributed by atoms with Gasteiger partial charge in [-0.3, -0.25) is 9.59 Å². The second-order valence-corrected chi connectivity index (χ2v) is 7.36. The van der Waals surface area contributed by atoms with E-state index >= 15 is 0 Å². The maximum Gasteiger partial charge on any atom is 0.284 e. The van der Waals surface area contributed by atoms with Gasteiger partial charge in [0.05, 0.1) is 5.39 Å². The first-order valence-electron chi connectivity index (χ1n) is 8.93. The van der Waals surface area contributed by atoms with Crippen LogP contribution < -0.4 is 10.9 Å².